The van der Waals surface area contributed by atoms with Crippen molar-refractivity contribution >= 4 is 27.4 Å². The van der Waals surface area contributed by atoms with Crippen LogP contribution in [0.5, 0.6) is 0 Å². The van der Waals surface area contributed by atoms with Crippen molar-refractivity contribution in [3.63, 3.8) is 0 Å². The highest BCUT2D eigenvalue weighted by atomic mass is 79.9. The van der Waals surface area contributed by atoms with Gasteiger partial charge in [-0.05, 0) is 41.8 Å². The van der Waals surface area contributed by atoms with Crippen molar-refractivity contribution < 1.29 is 0 Å². The van der Waals surface area contributed by atoms with Gasteiger partial charge in [0.05, 0.1) is 16.4 Å². The number of hydrogen-bond donors (Lipinski definition) is 2. The van der Waals surface area contributed by atoms with Gasteiger partial charge in [0.25, 0.3) is 0 Å². The van der Waals surface area contributed by atoms with Gasteiger partial charge in [-0.15, -0.1) is 0 Å². The first kappa shape index (κ1) is 8.81. The summed E-state index contributed by atoms with van der Waals surface area (Å²) in [7, 11) is 0. The molecule has 1 aromatic heterocycles. The fraction of sp³-hybridized carbons (Fsp3) is 0.444. The molecule has 0 radical (unpaired) electrons. The SMILES string of the molecule is CC1(Nc2ncc(N)cc2Br)CC1. The fourth-order valence-electron chi connectivity index (χ4n) is 1.14. The number of aromatic nitrogens is 1. The molecule has 1 aromatic rings. The number of halogens is 1. The number of hydrogen-bond acceptors (Lipinski definition) is 3. The smallest absolute Gasteiger partial charge is 0.140 e. The lowest BCUT2D eigenvalue weighted by Crippen LogP contribution is -2.17. The van der Waals surface area contributed by atoms with Crippen molar-refractivity contribution in [2.75, 3.05) is 11.1 Å². The van der Waals surface area contributed by atoms with Crippen LogP contribution in [0.15, 0.2) is 16.7 Å². The molecule has 13 heavy (non-hydrogen) atoms. The van der Waals surface area contributed by atoms with Crippen molar-refractivity contribution in [2.24, 2.45) is 0 Å². The van der Waals surface area contributed by atoms with Crippen LogP contribution in [-0.2, 0) is 0 Å². The van der Waals surface area contributed by atoms with Crippen molar-refractivity contribution in [2.45, 2.75) is 25.3 Å². The zero-order valence-corrected chi connectivity index (χ0v) is 9.06. The van der Waals surface area contributed by atoms with Gasteiger partial charge in [0.1, 0.15) is 5.82 Å². The van der Waals surface area contributed by atoms with E-state index in [9.17, 15) is 0 Å². The lowest BCUT2D eigenvalue weighted by atomic mass is 10.3. The second kappa shape index (κ2) is 2.87. The van der Waals surface area contributed by atoms with Gasteiger partial charge in [-0.2, -0.15) is 0 Å². The second-order valence-electron chi connectivity index (χ2n) is 3.78. The first-order valence-corrected chi connectivity index (χ1v) is 5.08. The third kappa shape index (κ3) is 1.94. The van der Waals surface area contributed by atoms with E-state index in [1.165, 1.54) is 12.8 Å². The number of nitrogens with two attached hydrogens (primary N) is 1. The molecule has 0 spiro atoms. The Hall–Kier alpha value is -0.770. The molecule has 3 N–H and O–H groups in total. The summed E-state index contributed by atoms with van der Waals surface area (Å²) in [6.07, 6.45) is 4.09. The summed E-state index contributed by atoms with van der Waals surface area (Å²) < 4.78 is 0.931. The Balaban J connectivity index is 2.20. The monoisotopic (exact) mass is 241 g/mol. The van der Waals surface area contributed by atoms with Gasteiger partial charge in [-0.3, -0.25) is 0 Å². The highest BCUT2D eigenvalue weighted by Gasteiger charge is 2.37. The predicted molar refractivity (Wildman–Crippen MR) is 57.6 cm³/mol. The van der Waals surface area contributed by atoms with E-state index in [2.05, 4.69) is 33.2 Å². The van der Waals surface area contributed by atoms with Crippen molar-refractivity contribution in [3.05, 3.63) is 16.7 Å². The maximum atomic E-state index is 5.59. The van der Waals surface area contributed by atoms with E-state index in [1.807, 2.05) is 6.07 Å². The minimum atomic E-state index is 0.256. The van der Waals surface area contributed by atoms with Gasteiger partial charge in [-0.1, -0.05) is 0 Å². The second-order valence-corrected chi connectivity index (χ2v) is 4.64. The van der Waals surface area contributed by atoms with Gasteiger partial charge in [0.15, 0.2) is 0 Å². The molecule has 0 aromatic carbocycles. The van der Waals surface area contributed by atoms with E-state index in [0.29, 0.717) is 5.69 Å². The van der Waals surface area contributed by atoms with Crippen LogP contribution in [0.3, 0.4) is 0 Å². The summed E-state index contributed by atoms with van der Waals surface area (Å²) >= 11 is 3.42. The Morgan fingerprint density at radius 1 is 1.62 bits per heavy atom. The molecule has 1 aliphatic rings. The van der Waals surface area contributed by atoms with Gasteiger partial charge in [0.2, 0.25) is 0 Å². The molecule has 2 rings (SSSR count). The number of pyridine rings is 1. The number of nitrogens with zero attached hydrogens (tertiary/aromatic N) is 1. The van der Waals surface area contributed by atoms with Crippen molar-refractivity contribution in [1.82, 2.24) is 4.98 Å². The molecule has 0 aliphatic heterocycles. The molecule has 0 saturated heterocycles. The molecule has 1 fully saturated rings. The quantitative estimate of drug-likeness (QED) is 0.837. The van der Waals surface area contributed by atoms with E-state index < -0.39 is 0 Å². The van der Waals surface area contributed by atoms with Gasteiger partial charge in [-0.25, -0.2) is 4.98 Å². The Morgan fingerprint density at radius 2 is 2.31 bits per heavy atom. The largest absolute Gasteiger partial charge is 0.397 e. The van der Waals surface area contributed by atoms with E-state index in [-0.39, 0.29) is 5.54 Å². The van der Waals surface area contributed by atoms with Gasteiger partial charge in [0, 0.05) is 5.54 Å². The van der Waals surface area contributed by atoms with E-state index in [0.717, 1.165) is 10.3 Å². The molecular weight excluding hydrogens is 230 g/mol. The molecule has 0 unspecified atom stereocenters. The van der Waals surface area contributed by atoms with Crippen LogP contribution in [0.25, 0.3) is 0 Å². The molecular formula is C9H12BrN3. The lowest BCUT2D eigenvalue weighted by molar-refractivity contribution is 0.820. The molecule has 1 heterocycles. The zero-order chi connectivity index (χ0) is 9.47. The Kier molecular flexibility index (Phi) is 1.95. The van der Waals surface area contributed by atoms with Crippen LogP contribution in [0.1, 0.15) is 19.8 Å². The average molecular weight is 242 g/mol. The molecule has 4 heteroatoms. The van der Waals surface area contributed by atoms with Crippen LogP contribution in [0.4, 0.5) is 11.5 Å². The standard InChI is InChI=1S/C9H12BrN3/c1-9(2-3-9)13-8-7(10)4-6(11)5-12-8/h4-5H,2-3,11H2,1H3,(H,12,13). The lowest BCUT2D eigenvalue weighted by Gasteiger charge is -2.13. The Labute approximate surface area is 85.9 Å². The van der Waals surface area contributed by atoms with E-state index in [4.69, 9.17) is 5.73 Å². The topological polar surface area (TPSA) is 50.9 Å². The summed E-state index contributed by atoms with van der Waals surface area (Å²) in [5.74, 6) is 0.884. The third-order valence-electron chi connectivity index (χ3n) is 2.28. The molecule has 70 valence electrons. The fourth-order valence-corrected chi connectivity index (χ4v) is 1.61. The summed E-state index contributed by atoms with van der Waals surface area (Å²) in [5, 5.41) is 3.37. The summed E-state index contributed by atoms with van der Waals surface area (Å²) in [6, 6.07) is 1.86. The number of rotatable bonds is 2. The van der Waals surface area contributed by atoms with Crippen LogP contribution in [0, 0.1) is 0 Å². The maximum absolute atomic E-state index is 5.59. The Morgan fingerprint density at radius 3 is 2.85 bits per heavy atom. The van der Waals surface area contributed by atoms with Crippen molar-refractivity contribution in [3.8, 4) is 0 Å². The van der Waals surface area contributed by atoms with Crippen molar-refractivity contribution in [1.29, 1.82) is 0 Å². The number of nitrogen functional groups attached to an aromatic ring is 1. The van der Waals surface area contributed by atoms with Gasteiger partial charge >= 0.3 is 0 Å². The number of nitrogens with one attached hydrogen (secondary N) is 1. The average Bonchev–Trinajstić information content (AvgIpc) is 2.75. The molecule has 1 aliphatic carbocycles. The van der Waals surface area contributed by atoms with E-state index in [1.54, 1.807) is 6.20 Å². The summed E-state index contributed by atoms with van der Waals surface area (Å²) in [5.41, 5.74) is 6.52. The predicted octanol–water partition coefficient (Wildman–Crippen LogP) is 2.39. The first-order valence-electron chi connectivity index (χ1n) is 4.28. The zero-order valence-electron chi connectivity index (χ0n) is 7.47. The van der Waals surface area contributed by atoms with Gasteiger partial charge < -0.3 is 11.1 Å². The van der Waals surface area contributed by atoms with Crippen LogP contribution < -0.4 is 11.1 Å². The highest BCUT2D eigenvalue weighted by molar-refractivity contribution is 9.10. The minimum Gasteiger partial charge on any atom is -0.397 e. The molecule has 3 nitrogen and oxygen atoms in total. The van der Waals surface area contributed by atoms with Crippen LogP contribution >= 0.6 is 15.9 Å². The maximum Gasteiger partial charge on any atom is 0.140 e. The normalized spacial score (nSPS) is 18.3. The minimum absolute atomic E-state index is 0.256. The van der Waals surface area contributed by atoms with E-state index >= 15 is 0 Å². The summed E-state index contributed by atoms with van der Waals surface area (Å²) in [6.45, 7) is 2.19. The highest BCUT2D eigenvalue weighted by Crippen LogP contribution is 2.39. The molecule has 1 saturated carbocycles. The Bertz CT molecular complexity index is 334. The molecule has 0 amide bonds. The van der Waals surface area contributed by atoms with Crippen LogP contribution in [-0.4, -0.2) is 10.5 Å². The molecule has 0 atom stereocenters. The van der Waals surface area contributed by atoms with Crippen LogP contribution in [0.2, 0.25) is 0 Å². The summed E-state index contributed by atoms with van der Waals surface area (Å²) in [4.78, 5) is 4.22. The first-order chi connectivity index (χ1) is 6.09. The molecule has 0 bridgehead atoms. The number of anilines is 2. The third-order valence-corrected chi connectivity index (χ3v) is 2.89.